The van der Waals surface area contributed by atoms with Crippen LogP contribution < -0.4 is 4.72 Å². The number of piperidine rings is 1. The first-order valence-corrected chi connectivity index (χ1v) is 15.9. The summed E-state index contributed by atoms with van der Waals surface area (Å²) in [6, 6.07) is 12.4. The van der Waals surface area contributed by atoms with Crippen LogP contribution in [0.3, 0.4) is 0 Å². The number of benzene rings is 2. The number of carbonyl (C=O) groups excluding carboxylic acids is 2. The Kier molecular flexibility index (Phi) is 10.6. The first-order valence-electron chi connectivity index (χ1n) is 14.4. The molecule has 14 nitrogen and oxygen atoms in total. The van der Waals surface area contributed by atoms with Gasteiger partial charge in [-0.25, -0.2) is 22.6 Å². The molecule has 0 radical (unpaired) electrons. The molecular formula is C29H33F3N6O8S. The van der Waals surface area contributed by atoms with Gasteiger partial charge in [-0.3, -0.25) is 9.63 Å². The Morgan fingerprint density at radius 1 is 1.11 bits per heavy atom. The number of halogens is 3. The third-order valence-electron chi connectivity index (χ3n) is 6.85. The topological polar surface area (TPSA) is 167 Å². The van der Waals surface area contributed by atoms with E-state index in [1.165, 1.54) is 19.1 Å². The first kappa shape index (κ1) is 35.0. The fourth-order valence-corrected chi connectivity index (χ4v) is 5.29. The van der Waals surface area contributed by atoms with E-state index in [-0.39, 0.29) is 34.3 Å². The fourth-order valence-electron chi connectivity index (χ4n) is 4.41. The van der Waals surface area contributed by atoms with Crippen molar-refractivity contribution in [1.29, 1.82) is 0 Å². The highest BCUT2D eigenvalue weighted by Crippen LogP contribution is 2.33. The maximum absolute atomic E-state index is 13.5. The summed E-state index contributed by atoms with van der Waals surface area (Å²) in [6.07, 6.45) is -7.31. The molecule has 2 unspecified atom stereocenters. The number of carbonyl (C=O) groups is 2. The summed E-state index contributed by atoms with van der Waals surface area (Å²) in [7, 11) is -4.46. The minimum atomic E-state index is -4.72. The molecule has 1 aliphatic rings. The molecule has 1 saturated heterocycles. The molecule has 254 valence electrons. The van der Waals surface area contributed by atoms with Gasteiger partial charge in [-0.05, 0) is 50.1 Å². The quantitative estimate of drug-likeness (QED) is 0.0999. The lowest BCUT2D eigenvalue weighted by molar-refractivity contribution is -0.716. The Labute approximate surface area is 268 Å². The molecular weight excluding hydrogens is 649 g/mol. The second kappa shape index (κ2) is 14.3. The van der Waals surface area contributed by atoms with E-state index in [9.17, 15) is 36.4 Å². The van der Waals surface area contributed by atoms with Gasteiger partial charge in [-0.15, -0.1) is 5.01 Å². The van der Waals surface area contributed by atoms with Gasteiger partial charge in [0, 0.05) is 12.5 Å². The Balaban J connectivity index is 1.40. The van der Waals surface area contributed by atoms with Crippen LogP contribution in [0.15, 0.2) is 64.8 Å². The summed E-state index contributed by atoms with van der Waals surface area (Å²) in [5.74, 6) is -0.952. The van der Waals surface area contributed by atoms with Gasteiger partial charge in [-0.1, -0.05) is 43.7 Å². The highest BCUT2D eigenvalue weighted by atomic mass is 32.2. The van der Waals surface area contributed by atoms with Crippen molar-refractivity contribution in [3.8, 4) is 16.9 Å². The van der Waals surface area contributed by atoms with Crippen LogP contribution in [-0.2, 0) is 35.3 Å². The summed E-state index contributed by atoms with van der Waals surface area (Å²) in [5.41, 5.74) is 0.519. The van der Waals surface area contributed by atoms with Gasteiger partial charge in [0.1, 0.15) is 12.6 Å². The Morgan fingerprint density at radius 3 is 2.38 bits per heavy atom. The maximum atomic E-state index is 13.5. The lowest BCUT2D eigenvalue weighted by Crippen LogP contribution is -2.45. The van der Waals surface area contributed by atoms with Crippen LogP contribution in [0, 0.1) is 18.0 Å². The van der Waals surface area contributed by atoms with Gasteiger partial charge in [0.05, 0.1) is 33.7 Å². The van der Waals surface area contributed by atoms with Crippen molar-refractivity contribution in [3.63, 3.8) is 0 Å². The Bertz CT molecular complexity index is 1710. The number of hydrogen-bond donors (Lipinski definition) is 1. The summed E-state index contributed by atoms with van der Waals surface area (Å²) >= 11 is 0. The van der Waals surface area contributed by atoms with Crippen molar-refractivity contribution in [2.45, 2.75) is 64.0 Å². The number of nitrogens with zero attached hydrogens (tertiary/aromatic N) is 5. The molecule has 1 aromatic heterocycles. The zero-order valence-electron chi connectivity index (χ0n) is 25.8. The van der Waals surface area contributed by atoms with Crippen LogP contribution in [0.5, 0.6) is 0 Å². The maximum Gasteiger partial charge on any atom is 0.435 e. The zero-order valence-corrected chi connectivity index (χ0v) is 26.6. The van der Waals surface area contributed by atoms with E-state index in [0.29, 0.717) is 18.4 Å². The van der Waals surface area contributed by atoms with E-state index in [2.05, 4.69) is 10.4 Å². The van der Waals surface area contributed by atoms with Crippen molar-refractivity contribution in [2.75, 3.05) is 13.1 Å². The third-order valence-corrected chi connectivity index (χ3v) is 8.18. The summed E-state index contributed by atoms with van der Waals surface area (Å²) in [6.45, 7) is 6.56. The van der Waals surface area contributed by atoms with Gasteiger partial charge in [0.25, 0.3) is 16.3 Å². The minimum Gasteiger partial charge on any atom is -0.569 e. The lowest BCUT2D eigenvalue weighted by Gasteiger charge is -2.28. The number of nitrogens with one attached hydrogen (secondary N) is 1. The summed E-state index contributed by atoms with van der Waals surface area (Å²) in [5, 5.41) is 20.6. The third kappa shape index (κ3) is 9.11. The van der Waals surface area contributed by atoms with E-state index in [1.54, 1.807) is 42.8 Å². The molecule has 2 aromatic carbocycles. The lowest BCUT2D eigenvalue weighted by atomic mass is 10.1. The van der Waals surface area contributed by atoms with Gasteiger partial charge < -0.3 is 14.7 Å². The van der Waals surface area contributed by atoms with E-state index >= 15 is 0 Å². The van der Waals surface area contributed by atoms with E-state index in [1.807, 2.05) is 6.92 Å². The van der Waals surface area contributed by atoms with Crippen LogP contribution in [0.25, 0.3) is 16.9 Å². The number of esters is 1. The van der Waals surface area contributed by atoms with Crippen LogP contribution in [0.2, 0.25) is 0 Å². The van der Waals surface area contributed by atoms with Crippen LogP contribution in [0.1, 0.15) is 44.9 Å². The van der Waals surface area contributed by atoms with Gasteiger partial charge in [-0.2, -0.15) is 18.3 Å². The molecule has 1 fully saturated rings. The number of hydrogen-bond acceptors (Lipinski definition) is 10. The van der Waals surface area contributed by atoms with E-state index < -0.39 is 52.3 Å². The molecule has 0 spiro atoms. The second-order valence-electron chi connectivity index (χ2n) is 11.0. The SMILES string of the molecule is Cc1ccc(-c2cc(C(F)(F)F)nn2-c2ccc(S(=O)(=O)NC(=O)OC3CCCN(/[N+]([O-])=N\OC(C)OC(=O)C(C)C)C3)cc2)cc1. The molecule has 18 heteroatoms. The number of amides is 1. The van der Waals surface area contributed by atoms with E-state index in [4.69, 9.17) is 14.3 Å². The monoisotopic (exact) mass is 682 g/mol. The van der Waals surface area contributed by atoms with Crippen molar-refractivity contribution in [3.05, 3.63) is 71.1 Å². The van der Waals surface area contributed by atoms with Crippen molar-refractivity contribution >= 4 is 22.1 Å². The standard InChI is InChI=1S/C29H33F3N6O8S/c1-18(2)27(39)44-20(4)46-35-38(41)36-15-5-6-23(17-36)45-28(40)34-47(42,43)24-13-11-22(12-14-24)37-25(16-26(33-37)29(30,31)32)21-9-7-19(3)8-10-21/h7-14,16,18,20,23H,5-6,15,17H2,1-4H3,(H,34,40)/b38-35+. The Hall–Kier alpha value is -4.87. The normalized spacial score (nSPS) is 16.5. The summed E-state index contributed by atoms with van der Waals surface area (Å²) < 4.78 is 79.4. The van der Waals surface area contributed by atoms with Crippen molar-refractivity contribution in [2.24, 2.45) is 11.2 Å². The number of ether oxygens (including phenoxy) is 2. The fraction of sp³-hybridized carbons (Fsp3) is 0.414. The molecule has 1 aliphatic heterocycles. The largest absolute Gasteiger partial charge is 0.569 e. The molecule has 0 bridgehead atoms. The molecule has 3 aromatic rings. The molecule has 0 saturated carbocycles. The Morgan fingerprint density at radius 2 is 1.77 bits per heavy atom. The smallest absolute Gasteiger partial charge is 0.435 e. The highest BCUT2D eigenvalue weighted by Gasteiger charge is 2.35. The zero-order chi connectivity index (χ0) is 34.5. The van der Waals surface area contributed by atoms with Crippen LogP contribution in [0.4, 0.5) is 18.0 Å². The molecule has 47 heavy (non-hydrogen) atoms. The average Bonchev–Trinajstić information content (AvgIpc) is 3.46. The molecule has 2 heterocycles. The number of aryl methyl sites for hydroxylation is 1. The molecule has 1 N–H and O–H groups in total. The highest BCUT2D eigenvalue weighted by molar-refractivity contribution is 7.90. The van der Waals surface area contributed by atoms with Gasteiger partial charge in [0.2, 0.25) is 5.28 Å². The number of alkyl halides is 3. The van der Waals surface area contributed by atoms with Gasteiger partial charge >= 0.3 is 18.2 Å². The van der Waals surface area contributed by atoms with Gasteiger partial charge in [0.15, 0.2) is 5.69 Å². The minimum absolute atomic E-state index is 0.118. The van der Waals surface area contributed by atoms with Crippen molar-refractivity contribution in [1.82, 2.24) is 19.5 Å². The molecule has 0 aliphatic carbocycles. The van der Waals surface area contributed by atoms with Crippen LogP contribution in [-0.4, -0.2) is 65.7 Å². The summed E-state index contributed by atoms with van der Waals surface area (Å²) in [4.78, 5) is 28.8. The predicted molar refractivity (Wildman–Crippen MR) is 158 cm³/mol. The van der Waals surface area contributed by atoms with E-state index in [0.717, 1.165) is 33.5 Å². The number of aromatic nitrogens is 2. The predicted octanol–water partition coefficient (Wildman–Crippen LogP) is 5.10. The second-order valence-corrected chi connectivity index (χ2v) is 12.7. The average molecular weight is 683 g/mol. The molecule has 1 amide bonds. The first-order chi connectivity index (χ1) is 22.0. The molecule has 2 atom stereocenters. The van der Waals surface area contributed by atoms with Crippen molar-refractivity contribution < 1.29 is 50.5 Å². The number of sulfonamides is 1. The number of rotatable bonds is 10. The van der Waals surface area contributed by atoms with Crippen LogP contribution >= 0.6 is 0 Å². The number of hydrazine groups is 1. The molecule has 4 rings (SSSR count).